The number of rotatable bonds is 8. The summed E-state index contributed by atoms with van der Waals surface area (Å²) in [6.07, 6.45) is 4.81. The molecule has 1 amide bonds. The van der Waals surface area contributed by atoms with Crippen molar-refractivity contribution in [3.63, 3.8) is 0 Å². The number of anilines is 4. The number of alkyl halides is 3. The van der Waals surface area contributed by atoms with Crippen molar-refractivity contribution in [3.05, 3.63) is 77.2 Å². The van der Waals surface area contributed by atoms with Crippen molar-refractivity contribution in [1.29, 1.82) is 0 Å². The monoisotopic (exact) mass is 781 g/mol. The van der Waals surface area contributed by atoms with Crippen LogP contribution in [0.3, 0.4) is 0 Å². The number of aromatic nitrogens is 8. The maximum atomic E-state index is 13.5. The maximum Gasteiger partial charge on any atom is 0.471 e. The summed E-state index contributed by atoms with van der Waals surface area (Å²) < 4.78 is 62.2. The van der Waals surface area contributed by atoms with Gasteiger partial charge < -0.3 is 24.8 Å². The lowest BCUT2D eigenvalue weighted by molar-refractivity contribution is -0.186. The van der Waals surface area contributed by atoms with Gasteiger partial charge in [-0.2, -0.15) is 28.4 Å². The number of nitrogens with one attached hydrogen (secondary N) is 2. The number of carbonyl (C=O) groups is 1. The summed E-state index contributed by atoms with van der Waals surface area (Å²) in [6.45, 7) is 2.85. The number of fused-ring (bicyclic) bond motifs is 2. The van der Waals surface area contributed by atoms with E-state index in [1.807, 2.05) is 0 Å². The first kappa shape index (κ1) is 34.1. The number of ether oxygens (including phenoxy) is 1. The molecule has 0 aliphatic carbocycles. The van der Waals surface area contributed by atoms with Crippen LogP contribution in [0.1, 0.15) is 11.3 Å². The van der Waals surface area contributed by atoms with Crippen LogP contribution < -0.4 is 20.7 Å². The summed E-state index contributed by atoms with van der Waals surface area (Å²) in [4.78, 5) is 30.5. The van der Waals surface area contributed by atoms with E-state index in [0.29, 0.717) is 66.3 Å². The van der Waals surface area contributed by atoms with Crippen molar-refractivity contribution in [2.45, 2.75) is 19.3 Å². The molecule has 0 atom stereocenters. The van der Waals surface area contributed by atoms with E-state index >= 15 is 0 Å². The molecule has 7 rings (SSSR count). The summed E-state index contributed by atoms with van der Waals surface area (Å²) >= 11 is 3.51. The lowest BCUT2D eigenvalue weighted by atomic mass is 10.1. The molecule has 4 aromatic heterocycles. The van der Waals surface area contributed by atoms with Gasteiger partial charge in [-0.3, -0.25) is 19.4 Å². The molecule has 1 aliphatic heterocycles. The Morgan fingerprint density at radius 3 is 2.49 bits per heavy atom. The third-order valence-corrected chi connectivity index (χ3v) is 10.2. The summed E-state index contributed by atoms with van der Waals surface area (Å²) in [6, 6.07) is 7.11. The van der Waals surface area contributed by atoms with Crippen LogP contribution in [0.4, 0.5) is 36.3 Å². The summed E-state index contributed by atoms with van der Waals surface area (Å²) in [5, 5.41) is 15.9. The van der Waals surface area contributed by atoms with Crippen molar-refractivity contribution >= 4 is 68.5 Å². The molecule has 0 bridgehead atoms. The van der Waals surface area contributed by atoms with Gasteiger partial charge in [0.2, 0.25) is 5.95 Å². The number of halogens is 4. The van der Waals surface area contributed by atoms with Crippen molar-refractivity contribution in [2.24, 2.45) is 7.05 Å². The van der Waals surface area contributed by atoms with E-state index in [9.17, 15) is 22.5 Å². The topological polar surface area (TPSA) is 158 Å². The minimum atomic E-state index is -4.97. The van der Waals surface area contributed by atoms with E-state index in [-0.39, 0.29) is 19.0 Å². The molecule has 51 heavy (non-hydrogen) atoms. The van der Waals surface area contributed by atoms with Gasteiger partial charge in [-0.15, -0.1) is 0 Å². The van der Waals surface area contributed by atoms with Crippen molar-refractivity contribution < 1.29 is 27.3 Å². The van der Waals surface area contributed by atoms with Crippen LogP contribution >= 0.6 is 23.1 Å². The average molecular weight is 783 g/mol. The van der Waals surface area contributed by atoms with Crippen LogP contribution in [-0.2, 0) is 29.5 Å². The molecular weight excluding hydrogens is 754 g/mol. The average Bonchev–Trinajstić information content (AvgIpc) is 3.80. The van der Waals surface area contributed by atoms with E-state index in [4.69, 9.17) is 9.72 Å². The van der Waals surface area contributed by atoms with Gasteiger partial charge in [-0.05, 0) is 47.5 Å². The minimum absolute atomic E-state index is 0.203. The molecular formula is C32H28BrF3N11O3P. The molecule has 2 N–H and O–H groups in total. The van der Waals surface area contributed by atoms with Gasteiger partial charge >= 0.3 is 12.1 Å². The van der Waals surface area contributed by atoms with Gasteiger partial charge in [-0.1, -0.05) is 0 Å². The van der Waals surface area contributed by atoms with Crippen LogP contribution in [0, 0.1) is 0 Å². The number of carbonyl (C=O) groups excluding carboxylic acids is 1. The third-order valence-electron chi connectivity index (χ3n) is 8.09. The Labute approximate surface area is 296 Å². The van der Waals surface area contributed by atoms with Gasteiger partial charge in [0.25, 0.3) is 0 Å². The van der Waals surface area contributed by atoms with Gasteiger partial charge in [0.1, 0.15) is 24.2 Å². The molecule has 0 saturated heterocycles. The predicted molar refractivity (Wildman–Crippen MR) is 188 cm³/mol. The normalized spacial score (nSPS) is 13.1. The molecule has 0 radical (unpaired) electrons. The highest BCUT2D eigenvalue weighted by Gasteiger charge is 2.44. The molecule has 0 saturated carbocycles. The SMILES string of the molecule is COc1cc(-n2cc3c(n2)CN(C(=O)C(F)(F)F)C3)c(-c2cnn(C)c2)cc1Nc1ncc(Br)c(Nc2ccc3nccnc3c2P(C)(C)=O)n1. The molecule has 0 unspecified atom stereocenters. The van der Waals surface area contributed by atoms with Crippen molar-refractivity contribution in [3.8, 4) is 22.6 Å². The quantitative estimate of drug-likeness (QED) is 0.177. The largest absolute Gasteiger partial charge is 0.494 e. The molecule has 1 aliphatic rings. The Bertz CT molecular complexity index is 2370. The number of methoxy groups -OCH3 is 1. The highest BCUT2D eigenvalue weighted by Crippen LogP contribution is 2.42. The number of aryl methyl sites for hydroxylation is 1. The van der Waals surface area contributed by atoms with Gasteiger partial charge in [0.15, 0.2) is 0 Å². The number of hydrogen-bond donors (Lipinski definition) is 2. The second kappa shape index (κ2) is 12.8. The lowest BCUT2D eigenvalue weighted by Crippen LogP contribution is -2.37. The number of amides is 1. The standard InChI is InChI=1S/C32H28BrF3N11O3P/c1-45-13-17(11-40-45)19-9-23(26(50-2)10-25(19)47-15-18-14-46(16-24(18)44-47)30(48)32(34,35)36)42-31-39-12-20(33)29(43-31)41-22-6-5-21-27(38-8-7-37-21)28(22)51(3,4)49/h5-13,15H,14,16H2,1-4H3,(H2,39,41,42,43). The Balaban J connectivity index is 1.24. The number of hydrogen-bond acceptors (Lipinski definition) is 11. The molecule has 0 spiro atoms. The van der Waals surface area contributed by atoms with Crippen LogP contribution in [0.2, 0.25) is 0 Å². The molecule has 14 nitrogen and oxygen atoms in total. The maximum absolute atomic E-state index is 13.5. The van der Waals surface area contributed by atoms with Crippen molar-refractivity contribution in [2.75, 3.05) is 31.1 Å². The van der Waals surface area contributed by atoms with Crippen LogP contribution in [0.15, 0.2) is 65.9 Å². The van der Waals surface area contributed by atoms with Crippen molar-refractivity contribution in [1.82, 2.24) is 44.4 Å². The summed E-state index contributed by atoms with van der Waals surface area (Å²) in [7, 11) is 0.423. The molecule has 19 heteroatoms. The smallest absolute Gasteiger partial charge is 0.471 e. The zero-order chi connectivity index (χ0) is 36.2. The van der Waals surface area contributed by atoms with E-state index in [1.165, 1.54) is 7.11 Å². The molecule has 262 valence electrons. The number of nitrogens with zero attached hydrogens (tertiary/aromatic N) is 9. The fourth-order valence-electron chi connectivity index (χ4n) is 5.85. The van der Waals surface area contributed by atoms with E-state index in [2.05, 4.69) is 51.7 Å². The van der Waals surface area contributed by atoms with E-state index in [0.717, 1.165) is 10.5 Å². The second-order valence-corrected chi connectivity index (χ2v) is 16.1. The van der Waals surface area contributed by atoms with Crippen LogP contribution in [0.5, 0.6) is 5.75 Å². The van der Waals surface area contributed by atoms with Crippen LogP contribution in [-0.4, -0.2) is 76.9 Å². The first-order chi connectivity index (χ1) is 24.2. The first-order valence-electron chi connectivity index (χ1n) is 15.2. The highest BCUT2D eigenvalue weighted by atomic mass is 79.9. The zero-order valence-electron chi connectivity index (χ0n) is 27.4. The summed E-state index contributed by atoms with van der Waals surface area (Å²) in [5.74, 6) is -0.930. The fraction of sp³-hybridized carbons (Fsp3) is 0.219. The Kier molecular flexibility index (Phi) is 8.54. The van der Waals surface area contributed by atoms with E-state index < -0.39 is 19.2 Å². The van der Waals surface area contributed by atoms with Gasteiger partial charge in [-0.25, -0.2) is 9.67 Å². The second-order valence-electron chi connectivity index (χ2n) is 12.1. The van der Waals surface area contributed by atoms with E-state index in [1.54, 1.807) is 91.2 Å². The molecule has 2 aromatic carbocycles. The minimum Gasteiger partial charge on any atom is -0.494 e. The molecule has 5 heterocycles. The Hall–Kier alpha value is -5.35. The number of benzene rings is 2. The van der Waals surface area contributed by atoms with Gasteiger partial charge in [0, 0.05) is 67.3 Å². The third kappa shape index (κ3) is 6.63. The van der Waals surface area contributed by atoms with Gasteiger partial charge in [0.05, 0.1) is 57.9 Å². The molecule has 0 fully saturated rings. The Morgan fingerprint density at radius 2 is 1.80 bits per heavy atom. The lowest BCUT2D eigenvalue weighted by Gasteiger charge is -2.19. The van der Waals surface area contributed by atoms with Crippen LogP contribution in [0.25, 0.3) is 27.8 Å². The Morgan fingerprint density at radius 1 is 1.02 bits per heavy atom. The fourth-order valence-corrected chi connectivity index (χ4v) is 7.53. The highest BCUT2D eigenvalue weighted by molar-refractivity contribution is 9.10. The predicted octanol–water partition coefficient (Wildman–Crippen LogP) is 5.92. The summed E-state index contributed by atoms with van der Waals surface area (Å²) in [5.41, 5.74) is 4.99. The molecule has 6 aromatic rings. The first-order valence-corrected chi connectivity index (χ1v) is 18.6. The zero-order valence-corrected chi connectivity index (χ0v) is 29.9.